The Labute approximate surface area is 164 Å². The Balaban J connectivity index is 1.80. The molecular formula is C21H25ClN4O. The van der Waals surface area contributed by atoms with Crippen LogP contribution in [0, 0.1) is 0 Å². The summed E-state index contributed by atoms with van der Waals surface area (Å²) in [4.78, 5) is 14.7. The Bertz CT molecular complexity index is 903. The van der Waals surface area contributed by atoms with Gasteiger partial charge in [-0.1, -0.05) is 55.8 Å². The summed E-state index contributed by atoms with van der Waals surface area (Å²) in [6.07, 6.45) is 0. The molecule has 0 spiro atoms. The van der Waals surface area contributed by atoms with E-state index in [1.807, 2.05) is 48.5 Å². The lowest BCUT2D eigenvalue weighted by atomic mass is 10.1. The zero-order valence-corrected chi connectivity index (χ0v) is 16.5. The van der Waals surface area contributed by atoms with Crippen LogP contribution >= 0.6 is 11.6 Å². The molecule has 142 valence electrons. The van der Waals surface area contributed by atoms with Gasteiger partial charge in [0.15, 0.2) is 0 Å². The number of amides is 1. The lowest BCUT2D eigenvalue weighted by Gasteiger charge is -2.17. The molecule has 0 unspecified atom stereocenters. The Morgan fingerprint density at radius 1 is 1.15 bits per heavy atom. The molecular weight excluding hydrogens is 360 g/mol. The van der Waals surface area contributed by atoms with Gasteiger partial charge in [0.05, 0.1) is 5.52 Å². The fourth-order valence-corrected chi connectivity index (χ4v) is 3.34. The Morgan fingerprint density at radius 2 is 1.89 bits per heavy atom. The molecule has 0 bridgehead atoms. The summed E-state index contributed by atoms with van der Waals surface area (Å²) >= 11 is 6.20. The van der Waals surface area contributed by atoms with E-state index in [4.69, 9.17) is 16.7 Å². The number of nitrogens with zero attached hydrogens (tertiary/aromatic N) is 3. The molecule has 2 aromatic carbocycles. The third kappa shape index (κ3) is 4.67. The van der Waals surface area contributed by atoms with Gasteiger partial charge in [0.1, 0.15) is 12.2 Å². The van der Waals surface area contributed by atoms with Crippen LogP contribution in [0.5, 0.6) is 0 Å². The van der Waals surface area contributed by atoms with Gasteiger partial charge in [-0.05, 0) is 31.3 Å². The van der Waals surface area contributed by atoms with Gasteiger partial charge in [-0.2, -0.15) is 5.10 Å². The number of fused-ring (bicyclic) bond motifs is 1. The summed E-state index contributed by atoms with van der Waals surface area (Å²) < 4.78 is 1.75. The van der Waals surface area contributed by atoms with E-state index in [0.717, 1.165) is 41.8 Å². The van der Waals surface area contributed by atoms with Gasteiger partial charge in [0.2, 0.25) is 5.91 Å². The molecule has 3 aromatic rings. The van der Waals surface area contributed by atoms with E-state index in [0.29, 0.717) is 11.6 Å². The third-order valence-corrected chi connectivity index (χ3v) is 4.93. The van der Waals surface area contributed by atoms with E-state index in [2.05, 4.69) is 24.1 Å². The lowest BCUT2D eigenvalue weighted by molar-refractivity contribution is -0.121. The SMILES string of the molecule is CCN(CC)CCNC(=O)Cn1nc(-c2ccccc2)c2cc(Cl)ccc21. The van der Waals surface area contributed by atoms with Crippen molar-refractivity contribution in [2.75, 3.05) is 26.2 Å². The minimum atomic E-state index is -0.0406. The molecule has 27 heavy (non-hydrogen) atoms. The second-order valence-corrected chi connectivity index (χ2v) is 6.85. The minimum Gasteiger partial charge on any atom is -0.353 e. The molecule has 0 fully saturated rings. The van der Waals surface area contributed by atoms with E-state index in [1.54, 1.807) is 4.68 Å². The zero-order chi connectivity index (χ0) is 19.2. The summed E-state index contributed by atoms with van der Waals surface area (Å²) in [5.41, 5.74) is 2.74. The van der Waals surface area contributed by atoms with Crippen molar-refractivity contribution in [3.05, 3.63) is 53.6 Å². The van der Waals surface area contributed by atoms with Gasteiger partial charge >= 0.3 is 0 Å². The van der Waals surface area contributed by atoms with Crippen molar-refractivity contribution in [3.63, 3.8) is 0 Å². The molecule has 0 atom stereocenters. The molecule has 0 aliphatic carbocycles. The molecule has 0 aliphatic rings. The van der Waals surface area contributed by atoms with Crippen molar-refractivity contribution < 1.29 is 4.79 Å². The molecule has 6 heteroatoms. The summed E-state index contributed by atoms with van der Waals surface area (Å²) in [5, 5.41) is 9.30. The van der Waals surface area contributed by atoms with Crippen molar-refractivity contribution in [1.29, 1.82) is 0 Å². The summed E-state index contributed by atoms with van der Waals surface area (Å²) in [7, 11) is 0. The predicted octanol–water partition coefficient (Wildman–Crippen LogP) is 3.81. The molecule has 1 N–H and O–H groups in total. The summed E-state index contributed by atoms with van der Waals surface area (Å²) in [6, 6.07) is 15.6. The number of hydrogen-bond donors (Lipinski definition) is 1. The fourth-order valence-electron chi connectivity index (χ4n) is 3.17. The van der Waals surface area contributed by atoms with Gasteiger partial charge < -0.3 is 10.2 Å². The Morgan fingerprint density at radius 3 is 2.59 bits per heavy atom. The van der Waals surface area contributed by atoms with E-state index in [1.165, 1.54) is 0 Å². The normalized spacial score (nSPS) is 11.3. The topological polar surface area (TPSA) is 50.2 Å². The second kappa shape index (κ2) is 9.02. The maximum absolute atomic E-state index is 12.4. The monoisotopic (exact) mass is 384 g/mol. The highest BCUT2D eigenvalue weighted by atomic mass is 35.5. The third-order valence-electron chi connectivity index (χ3n) is 4.70. The summed E-state index contributed by atoms with van der Waals surface area (Å²) in [5.74, 6) is -0.0406. The van der Waals surface area contributed by atoms with Crippen molar-refractivity contribution in [1.82, 2.24) is 20.0 Å². The largest absolute Gasteiger partial charge is 0.353 e. The number of rotatable bonds is 8. The van der Waals surface area contributed by atoms with Crippen LogP contribution in [-0.2, 0) is 11.3 Å². The molecule has 3 rings (SSSR count). The standard InChI is InChI=1S/C21H25ClN4O/c1-3-25(4-2)13-12-23-20(27)15-26-19-11-10-17(22)14-18(19)21(24-26)16-8-6-5-7-9-16/h5-11,14H,3-4,12-13,15H2,1-2H3,(H,23,27). The van der Waals surface area contributed by atoms with Crippen LogP contribution in [0.15, 0.2) is 48.5 Å². The second-order valence-electron chi connectivity index (χ2n) is 6.41. The molecule has 0 saturated heterocycles. The average molecular weight is 385 g/mol. The average Bonchev–Trinajstić information content (AvgIpc) is 3.03. The van der Waals surface area contributed by atoms with Crippen LogP contribution in [0.3, 0.4) is 0 Å². The van der Waals surface area contributed by atoms with Crippen molar-refractivity contribution in [3.8, 4) is 11.3 Å². The Kier molecular flexibility index (Phi) is 6.48. The molecule has 5 nitrogen and oxygen atoms in total. The molecule has 1 amide bonds. The van der Waals surface area contributed by atoms with Gasteiger partial charge in [0.25, 0.3) is 0 Å². The summed E-state index contributed by atoms with van der Waals surface area (Å²) in [6.45, 7) is 7.88. The first-order valence-electron chi connectivity index (χ1n) is 9.33. The minimum absolute atomic E-state index is 0.0406. The van der Waals surface area contributed by atoms with E-state index in [-0.39, 0.29) is 12.5 Å². The number of hydrogen-bond acceptors (Lipinski definition) is 3. The first-order valence-corrected chi connectivity index (χ1v) is 9.70. The molecule has 1 aromatic heterocycles. The fraction of sp³-hybridized carbons (Fsp3) is 0.333. The van der Waals surface area contributed by atoms with Crippen LogP contribution in [0.4, 0.5) is 0 Å². The predicted molar refractivity (Wildman–Crippen MR) is 111 cm³/mol. The molecule has 0 radical (unpaired) electrons. The van der Waals surface area contributed by atoms with Crippen molar-refractivity contribution >= 4 is 28.4 Å². The number of aromatic nitrogens is 2. The van der Waals surface area contributed by atoms with Crippen molar-refractivity contribution in [2.24, 2.45) is 0 Å². The number of likely N-dealkylation sites (N-methyl/N-ethyl adjacent to an activating group) is 1. The van der Waals surface area contributed by atoms with Crippen LogP contribution in [0.1, 0.15) is 13.8 Å². The van der Waals surface area contributed by atoms with E-state index < -0.39 is 0 Å². The number of carbonyl (C=O) groups is 1. The Hall–Kier alpha value is -2.37. The van der Waals surface area contributed by atoms with E-state index in [9.17, 15) is 4.79 Å². The molecule has 1 heterocycles. The van der Waals surface area contributed by atoms with Crippen LogP contribution in [0.25, 0.3) is 22.2 Å². The maximum atomic E-state index is 12.4. The highest BCUT2D eigenvalue weighted by Crippen LogP contribution is 2.30. The van der Waals surface area contributed by atoms with Gasteiger partial charge in [-0.15, -0.1) is 0 Å². The quantitative estimate of drug-likeness (QED) is 0.642. The maximum Gasteiger partial charge on any atom is 0.241 e. The van der Waals surface area contributed by atoms with Crippen LogP contribution in [0.2, 0.25) is 5.02 Å². The lowest BCUT2D eigenvalue weighted by Crippen LogP contribution is -2.36. The zero-order valence-electron chi connectivity index (χ0n) is 15.8. The van der Waals surface area contributed by atoms with Crippen molar-refractivity contribution in [2.45, 2.75) is 20.4 Å². The number of benzene rings is 2. The number of carbonyl (C=O) groups excluding carboxylic acids is 1. The smallest absolute Gasteiger partial charge is 0.241 e. The van der Waals surface area contributed by atoms with Gasteiger partial charge in [-0.25, -0.2) is 0 Å². The number of nitrogens with one attached hydrogen (secondary N) is 1. The van der Waals surface area contributed by atoms with E-state index >= 15 is 0 Å². The first-order chi connectivity index (χ1) is 13.1. The van der Waals surface area contributed by atoms with Gasteiger partial charge in [0, 0.05) is 29.1 Å². The van der Waals surface area contributed by atoms with Crippen LogP contribution in [-0.4, -0.2) is 46.8 Å². The molecule has 0 saturated carbocycles. The van der Waals surface area contributed by atoms with Gasteiger partial charge in [-0.3, -0.25) is 9.48 Å². The highest BCUT2D eigenvalue weighted by molar-refractivity contribution is 6.31. The van der Waals surface area contributed by atoms with Crippen LogP contribution < -0.4 is 5.32 Å². The molecule has 0 aliphatic heterocycles. The highest BCUT2D eigenvalue weighted by Gasteiger charge is 2.15. The first kappa shape index (κ1) is 19.4. The number of halogens is 1.